The van der Waals surface area contributed by atoms with Gasteiger partial charge in [0.05, 0.1) is 24.2 Å². The van der Waals surface area contributed by atoms with Crippen molar-refractivity contribution in [3.8, 4) is 0 Å². The Kier molecular flexibility index (Phi) is 5.55. The van der Waals surface area contributed by atoms with E-state index in [9.17, 15) is 4.79 Å². The van der Waals surface area contributed by atoms with E-state index in [0.717, 1.165) is 24.7 Å². The summed E-state index contributed by atoms with van der Waals surface area (Å²) >= 11 is 0. The molecule has 1 aliphatic rings. The maximum Gasteiger partial charge on any atom is 0.319 e. The third kappa shape index (κ3) is 4.51. The maximum absolute atomic E-state index is 12.1. The van der Waals surface area contributed by atoms with Crippen LogP contribution in [0.5, 0.6) is 0 Å². The van der Waals surface area contributed by atoms with Gasteiger partial charge in [-0.25, -0.2) is 9.78 Å². The molecule has 0 saturated carbocycles. The minimum Gasteiger partial charge on any atom is -0.468 e. The first-order valence-corrected chi connectivity index (χ1v) is 8.59. The van der Waals surface area contributed by atoms with E-state index in [-0.39, 0.29) is 12.1 Å². The number of hydrogen-bond donors (Lipinski definition) is 2. The van der Waals surface area contributed by atoms with Gasteiger partial charge in [-0.2, -0.15) is 0 Å². The van der Waals surface area contributed by atoms with Crippen LogP contribution in [-0.4, -0.2) is 49.6 Å². The minimum atomic E-state index is -0.255. The van der Waals surface area contributed by atoms with Gasteiger partial charge in [0, 0.05) is 19.6 Å². The largest absolute Gasteiger partial charge is 0.468 e. The number of nitrogens with zero attached hydrogens (tertiary/aromatic N) is 3. The zero-order valence-corrected chi connectivity index (χ0v) is 14.7. The van der Waals surface area contributed by atoms with Gasteiger partial charge in [0.15, 0.2) is 0 Å². The quantitative estimate of drug-likeness (QED) is 0.844. The summed E-state index contributed by atoms with van der Waals surface area (Å²) in [6.07, 6.45) is 5.77. The highest BCUT2D eigenvalue weighted by atomic mass is 16.3. The van der Waals surface area contributed by atoms with Crippen molar-refractivity contribution in [2.75, 3.05) is 43.9 Å². The molecule has 7 heteroatoms. The number of amides is 2. The lowest BCUT2D eigenvalue weighted by Gasteiger charge is -2.22. The van der Waals surface area contributed by atoms with Gasteiger partial charge in [-0.1, -0.05) is 0 Å². The minimum absolute atomic E-state index is 0.0172. The molecule has 3 rings (SSSR count). The Bertz CT molecular complexity index is 663. The number of carbonyl (C=O) groups excluding carboxylic acids is 1. The van der Waals surface area contributed by atoms with E-state index in [1.54, 1.807) is 12.5 Å². The van der Waals surface area contributed by atoms with E-state index in [1.165, 1.54) is 12.8 Å². The third-order valence-electron chi connectivity index (χ3n) is 4.39. The average Bonchev–Trinajstić information content (AvgIpc) is 3.29. The molecule has 0 radical (unpaired) electrons. The van der Waals surface area contributed by atoms with Gasteiger partial charge in [0.2, 0.25) is 0 Å². The van der Waals surface area contributed by atoms with Crippen molar-refractivity contribution >= 4 is 17.5 Å². The molecule has 2 amide bonds. The second-order valence-electron chi connectivity index (χ2n) is 6.43. The van der Waals surface area contributed by atoms with Gasteiger partial charge in [0.1, 0.15) is 11.6 Å². The Labute approximate surface area is 148 Å². The normalized spacial score (nSPS) is 15.4. The second kappa shape index (κ2) is 8.02. The van der Waals surface area contributed by atoms with Gasteiger partial charge in [-0.05, 0) is 51.2 Å². The molecule has 0 aliphatic carbocycles. The van der Waals surface area contributed by atoms with Crippen LogP contribution in [0, 0.1) is 0 Å². The highest BCUT2D eigenvalue weighted by Gasteiger charge is 2.18. The van der Waals surface area contributed by atoms with E-state index in [2.05, 4.69) is 20.5 Å². The molecule has 1 aliphatic heterocycles. The highest BCUT2D eigenvalue weighted by molar-refractivity contribution is 5.89. The topological polar surface area (TPSA) is 73.6 Å². The Morgan fingerprint density at radius 3 is 2.72 bits per heavy atom. The van der Waals surface area contributed by atoms with Gasteiger partial charge < -0.3 is 20.0 Å². The summed E-state index contributed by atoms with van der Waals surface area (Å²) in [7, 11) is 3.90. The van der Waals surface area contributed by atoms with Crippen molar-refractivity contribution in [2.24, 2.45) is 0 Å². The number of hydrogen-bond acceptors (Lipinski definition) is 5. The summed E-state index contributed by atoms with van der Waals surface area (Å²) in [6.45, 7) is 2.56. The third-order valence-corrected chi connectivity index (χ3v) is 4.39. The molecule has 0 unspecified atom stereocenters. The van der Waals surface area contributed by atoms with Crippen molar-refractivity contribution in [1.82, 2.24) is 15.2 Å². The Morgan fingerprint density at radius 1 is 1.32 bits per heavy atom. The number of likely N-dealkylation sites (N-methyl/N-ethyl adjacent to an activating group) is 1. The average molecular weight is 343 g/mol. The number of pyridine rings is 1. The zero-order valence-electron chi connectivity index (χ0n) is 14.7. The van der Waals surface area contributed by atoms with Crippen LogP contribution in [0.3, 0.4) is 0 Å². The molecular formula is C18H25N5O2. The van der Waals surface area contributed by atoms with Crippen LogP contribution < -0.4 is 15.5 Å². The monoisotopic (exact) mass is 343 g/mol. The summed E-state index contributed by atoms with van der Waals surface area (Å²) in [5, 5.41) is 5.70. The van der Waals surface area contributed by atoms with Crippen LogP contribution in [-0.2, 0) is 0 Å². The Hall–Kier alpha value is -2.54. The van der Waals surface area contributed by atoms with Crippen molar-refractivity contribution < 1.29 is 9.21 Å². The standard InChI is InChI=1S/C18H25N5O2/c1-22(2)15(16-6-5-11-25-16)13-20-18(24)21-14-7-8-17(19-12-14)23-9-3-4-10-23/h5-8,11-12,15H,3-4,9-10,13H2,1-2H3,(H2,20,21,24)/t15-/m1/s1. The van der Waals surface area contributed by atoms with E-state index in [1.807, 2.05) is 43.3 Å². The number of anilines is 2. The molecule has 3 heterocycles. The van der Waals surface area contributed by atoms with Crippen molar-refractivity contribution in [2.45, 2.75) is 18.9 Å². The van der Waals surface area contributed by atoms with Crippen LogP contribution >= 0.6 is 0 Å². The molecule has 2 aromatic rings. The molecule has 7 nitrogen and oxygen atoms in total. The first-order chi connectivity index (χ1) is 12.1. The van der Waals surface area contributed by atoms with Crippen LogP contribution in [0.25, 0.3) is 0 Å². The smallest absolute Gasteiger partial charge is 0.319 e. The van der Waals surface area contributed by atoms with Crippen molar-refractivity contribution in [3.05, 3.63) is 42.5 Å². The van der Waals surface area contributed by atoms with Crippen LogP contribution in [0.1, 0.15) is 24.6 Å². The lowest BCUT2D eigenvalue weighted by molar-refractivity contribution is 0.233. The number of urea groups is 1. The highest BCUT2D eigenvalue weighted by Crippen LogP contribution is 2.19. The SMILES string of the molecule is CN(C)[C@H](CNC(=O)Nc1ccc(N2CCCC2)nc1)c1ccco1. The second-order valence-corrected chi connectivity index (χ2v) is 6.43. The fraction of sp³-hybridized carbons (Fsp3) is 0.444. The first kappa shape index (κ1) is 17.3. The molecule has 134 valence electrons. The van der Waals surface area contributed by atoms with Crippen molar-refractivity contribution in [1.29, 1.82) is 0 Å². The molecule has 0 spiro atoms. The Balaban J connectivity index is 1.51. The molecule has 2 N–H and O–H groups in total. The van der Waals surface area contributed by atoms with Gasteiger partial charge >= 0.3 is 6.03 Å². The molecule has 1 fully saturated rings. The number of nitrogens with one attached hydrogen (secondary N) is 2. The number of carbonyl (C=O) groups is 1. The van der Waals surface area contributed by atoms with Crippen molar-refractivity contribution in [3.63, 3.8) is 0 Å². The van der Waals surface area contributed by atoms with Crippen LogP contribution in [0.15, 0.2) is 41.1 Å². The van der Waals surface area contributed by atoms with Crippen LogP contribution in [0.2, 0.25) is 0 Å². The predicted molar refractivity (Wildman–Crippen MR) is 97.8 cm³/mol. The summed E-state index contributed by atoms with van der Waals surface area (Å²) in [4.78, 5) is 20.8. The predicted octanol–water partition coefficient (Wildman–Crippen LogP) is 2.70. The zero-order chi connectivity index (χ0) is 17.6. The van der Waals surface area contributed by atoms with E-state index < -0.39 is 0 Å². The summed E-state index contributed by atoms with van der Waals surface area (Å²) in [5.41, 5.74) is 0.680. The van der Waals surface area contributed by atoms with E-state index >= 15 is 0 Å². The summed E-state index contributed by atoms with van der Waals surface area (Å²) in [5.74, 6) is 1.79. The van der Waals surface area contributed by atoms with Crippen LogP contribution in [0.4, 0.5) is 16.3 Å². The van der Waals surface area contributed by atoms with E-state index in [0.29, 0.717) is 12.2 Å². The molecule has 1 atom stereocenters. The molecule has 25 heavy (non-hydrogen) atoms. The number of furan rings is 1. The molecule has 0 bridgehead atoms. The summed E-state index contributed by atoms with van der Waals surface area (Å²) < 4.78 is 5.44. The lowest BCUT2D eigenvalue weighted by Crippen LogP contribution is -2.36. The van der Waals surface area contributed by atoms with Gasteiger partial charge in [-0.15, -0.1) is 0 Å². The first-order valence-electron chi connectivity index (χ1n) is 8.59. The fourth-order valence-corrected chi connectivity index (χ4v) is 2.98. The number of aromatic nitrogens is 1. The van der Waals surface area contributed by atoms with E-state index in [4.69, 9.17) is 4.42 Å². The molecule has 1 saturated heterocycles. The summed E-state index contributed by atoms with van der Waals surface area (Å²) in [6, 6.07) is 7.32. The Morgan fingerprint density at radius 2 is 2.12 bits per heavy atom. The fourth-order valence-electron chi connectivity index (χ4n) is 2.98. The molecular weight excluding hydrogens is 318 g/mol. The molecule has 0 aromatic carbocycles. The van der Waals surface area contributed by atoms with Gasteiger partial charge in [0.25, 0.3) is 0 Å². The maximum atomic E-state index is 12.1. The number of rotatable bonds is 6. The lowest BCUT2D eigenvalue weighted by atomic mass is 10.2. The molecule has 2 aromatic heterocycles. The van der Waals surface area contributed by atoms with Gasteiger partial charge in [-0.3, -0.25) is 4.90 Å².